The van der Waals surface area contributed by atoms with Crippen molar-refractivity contribution in [1.82, 2.24) is 4.90 Å². The Morgan fingerprint density at radius 2 is 1.39 bits per heavy atom. The van der Waals surface area contributed by atoms with Gasteiger partial charge in [0.15, 0.2) is 0 Å². The zero-order valence-electron chi connectivity index (χ0n) is 18.8. The Morgan fingerprint density at radius 1 is 0.806 bits per heavy atom. The molecule has 0 aliphatic rings. The van der Waals surface area contributed by atoms with E-state index in [2.05, 4.69) is 50.0 Å². The quantitative estimate of drug-likeness (QED) is 0.458. The van der Waals surface area contributed by atoms with Crippen LogP contribution < -0.4 is 10.1 Å². The van der Waals surface area contributed by atoms with E-state index in [0.29, 0.717) is 35.7 Å². The number of carbonyl (C=O) groups excluding carboxylic acids is 1. The topological polar surface area (TPSA) is 41.6 Å². The van der Waals surface area contributed by atoms with Gasteiger partial charge in [0.05, 0.1) is 5.69 Å². The molecule has 0 atom stereocenters. The van der Waals surface area contributed by atoms with E-state index in [-0.39, 0.29) is 5.91 Å². The molecule has 4 nitrogen and oxygen atoms in total. The summed E-state index contributed by atoms with van der Waals surface area (Å²) in [5.74, 6) is 0.533. The van der Waals surface area contributed by atoms with Gasteiger partial charge in [0.1, 0.15) is 12.4 Å². The lowest BCUT2D eigenvalue weighted by Crippen LogP contribution is -2.39. The van der Waals surface area contributed by atoms with E-state index < -0.39 is 0 Å². The average molecular weight is 417 g/mol. The molecule has 0 heterocycles. The van der Waals surface area contributed by atoms with Gasteiger partial charge in [0.25, 0.3) is 5.91 Å². The van der Waals surface area contributed by atoms with Crippen molar-refractivity contribution in [3.63, 3.8) is 0 Å². The van der Waals surface area contributed by atoms with Crippen LogP contribution in [0.5, 0.6) is 5.75 Å². The number of ether oxygens (including phenoxy) is 1. The van der Waals surface area contributed by atoms with Crippen LogP contribution in [-0.4, -0.2) is 36.0 Å². The predicted octanol–water partition coefficient (Wildman–Crippen LogP) is 6.10. The molecule has 3 aromatic rings. The molecule has 0 radical (unpaired) electrons. The van der Waals surface area contributed by atoms with E-state index in [4.69, 9.17) is 4.74 Å². The lowest BCUT2D eigenvalue weighted by atomic mass is 10.0. The van der Waals surface area contributed by atoms with Gasteiger partial charge in [0.2, 0.25) is 0 Å². The third-order valence-corrected chi connectivity index (χ3v) is 5.32. The molecule has 0 saturated carbocycles. The van der Waals surface area contributed by atoms with Crippen molar-refractivity contribution in [2.75, 3.05) is 18.5 Å². The molecule has 0 saturated heterocycles. The molecular formula is C27H32N2O2. The summed E-state index contributed by atoms with van der Waals surface area (Å²) in [7, 11) is 0. The molecule has 0 unspecified atom stereocenters. The van der Waals surface area contributed by atoms with Crippen LogP contribution in [0.3, 0.4) is 0 Å². The van der Waals surface area contributed by atoms with E-state index in [9.17, 15) is 4.79 Å². The molecule has 1 amide bonds. The maximum Gasteiger partial charge on any atom is 0.255 e. The summed E-state index contributed by atoms with van der Waals surface area (Å²) in [5.41, 5.74) is 3.51. The fraction of sp³-hybridized carbons (Fsp3) is 0.296. The number of hydrogen-bond donors (Lipinski definition) is 1. The summed E-state index contributed by atoms with van der Waals surface area (Å²) < 4.78 is 6.03. The van der Waals surface area contributed by atoms with Crippen LogP contribution >= 0.6 is 0 Å². The first-order valence-corrected chi connectivity index (χ1v) is 10.9. The maximum atomic E-state index is 12.8. The van der Waals surface area contributed by atoms with Gasteiger partial charge in [-0.2, -0.15) is 0 Å². The maximum absolute atomic E-state index is 12.8. The SMILES string of the molecule is CC(C)N(CCOc1ccccc1NC(=O)c1ccc(-c2ccccc2)cc1)C(C)C. The molecule has 3 rings (SSSR count). The number of nitrogens with zero attached hydrogens (tertiary/aromatic N) is 1. The van der Waals surface area contributed by atoms with E-state index in [0.717, 1.165) is 17.7 Å². The number of benzene rings is 3. The molecule has 31 heavy (non-hydrogen) atoms. The summed E-state index contributed by atoms with van der Waals surface area (Å²) in [4.78, 5) is 15.2. The van der Waals surface area contributed by atoms with Gasteiger partial charge in [-0.25, -0.2) is 0 Å². The Kier molecular flexibility index (Phi) is 7.85. The molecule has 0 spiro atoms. The van der Waals surface area contributed by atoms with Crippen LogP contribution in [0.1, 0.15) is 38.1 Å². The summed E-state index contributed by atoms with van der Waals surface area (Å²) in [6.45, 7) is 10.2. The minimum Gasteiger partial charge on any atom is -0.490 e. The van der Waals surface area contributed by atoms with Gasteiger partial charge < -0.3 is 10.1 Å². The zero-order valence-corrected chi connectivity index (χ0v) is 18.8. The Morgan fingerprint density at radius 3 is 2.03 bits per heavy atom. The smallest absolute Gasteiger partial charge is 0.255 e. The fourth-order valence-corrected chi connectivity index (χ4v) is 3.71. The number of para-hydroxylation sites is 2. The lowest BCUT2D eigenvalue weighted by Gasteiger charge is -2.30. The number of amides is 1. The third-order valence-electron chi connectivity index (χ3n) is 5.32. The molecule has 4 heteroatoms. The largest absolute Gasteiger partial charge is 0.490 e. The van der Waals surface area contributed by atoms with Gasteiger partial charge in [-0.15, -0.1) is 0 Å². The molecule has 162 valence electrons. The molecule has 1 N–H and O–H groups in total. The first-order chi connectivity index (χ1) is 15.0. The first kappa shape index (κ1) is 22.6. The number of rotatable bonds is 9. The first-order valence-electron chi connectivity index (χ1n) is 10.9. The molecule has 0 aromatic heterocycles. The summed E-state index contributed by atoms with van der Waals surface area (Å²) >= 11 is 0. The highest BCUT2D eigenvalue weighted by molar-refractivity contribution is 6.05. The van der Waals surface area contributed by atoms with Crippen LogP contribution in [-0.2, 0) is 0 Å². The third kappa shape index (κ3) is 6.19. The summed E-state index contributed by atoms with van der Waals surface area (Å²) in [6, 6.07) is 26.3. The monoisotopic (exact) mass is 416 g/mol. The van der Waals surface area contributed by atoms with Crippen LogP contribution in [0, 0.1) is 0 Å². The summed E-state index contributed by atoms with van der Waals surface area (Å²) in [6.07, 6.45) is 0. The van der Waals surface area contributed by atoms with Crippen molar-refractivity contribution >= 4 is 11.6 Å². The Labute approximate surface area is 185 Å². The van der Waals surface area contributed by atoms with Crippen molar-refractivity contribution in [2.24, 2.45) is 0 Å². The zero-order chi connectivity index (χ0) is 22.2. The van der Waals surface area contributed by atoms with Crippen molar-refractivity contribution in [2.45, 2.75) is 39.8 Å². The predicted molar refractivity (Wildman–Crippen MR) is 129 cm³/mol. The molecule has 0 aliphatic heterocycles. The fourth-order valence-electron chi connectivity index (χ4n) is 3.71. The van der Waals surface area contributed by atoms with Crippen LogP contribution in [0.25, 0.3) is 11.1 Å². The highest BCUT2D eigenvalue weighted by Crippen LogP contribution is 2.25. The average Bonchev–Trinajstić information content (AvgIpc) is 2.78. The minimum absolute atomic E-state index is 0.151. The number of hydrogen-bond acceptors (Lipinski definition) is 3. The second-order valence-electron chi connectivity index (χ2n) is 8.17. The molecule has 0 bridgehead atoms. The van der Waals surface area contributed by atoms with Crippen LogP contribution in [0.2, 0.25) is 0 Å². The number of nitrogens with one attached hydrogen (secondary N) is 1. The van der Waals surface area contributed by atoms with E-state index in [1.165, 1.54) is 0 Å². The lowest BCUT2D eigenvalue weighted by molar-refractivity contribution is 0.102. The Balaban J connectivity index is 1.64. The van der Waals surface area contributed by atoms with Crippen LogP contribution in [0.4, 0.5) is 5.69 Å². The van der Waals surface area contributed by atoms with E-state index in [1.54, 1.807) is 0 Å². The van der Waals surface area contributed by atoms with Gasteiger partial charge in [-0.3, -0.25) is 9.69 Å². The molecular weight excluding hydrogens is 384 g/mol. The number of carbonyl (C=O) groups is 1. The van der Waals surface area contributed by atoms with Gasteiger partial charge >= 0.3 is 0 Å². The van der Waals surface area contributed by atoms with Gasteiger partial charge in [-0.05, 0) is 63.1 Å². The van der Waals surface area contributed by atoms with Gasteiger partial charge in [0, 0.05) is 24.2 Å². The second kappa shape index (κ2) is 10.8. The Bertz CT molecular complexity index is 958. The van der Waals surface area contributed by atoms with Crippen LogP contribution in [0.15, 0.2) is 78.9 Å². The standard InChI is InChI=1S/C27H32N2O2/c1-20(2)29(21(3)4)18-19-31-26-13-9-8-12-25(26)28-27(30)24-16-14-23(15-17-24)22-10-6-5-7-11-22/h5-17,20-21H,18-19H2,1-4H3,(H,28,30). The highest BCUT2D eigenvalue weighted by atomic mass is 16.5. The van der Waals surface area contributed by atoms with Crippen molar-refractivity contribution < 1.29 is 9.53 Å². The Hall–Kier alpha value is -3.11. The normalized spacial score (nSPS) is 11.2. The second-order valence-corrected chi connectivity index (χ2v) is 8.17. The van der Waals surface area contributed by atoms with Gasteiger partial charge in [-0.1, -0.05) is 54.6 Å². The van der Waals surface area contributed by atoms with Crippen molar-refractivity contribution in [3.05, 3.63) is 84.4 Å². The number of anilines is 1. The highest BCUT2D eigenvalue weighted by Gasteiger charge is 2.14. The van der Waals surface area contributed by atoms with Crippen molar-refractivity contribution in [1.29, 1.82) is 0 Å². The van der Waals surface area contributed by atoms with E-state index in [1.807, 2.05) is 66.7 Å². The summed E-state index contributed by atoms with van der Waals surface area (Å²) in [5, 5.41) is 2.99. The molecule has 0 fully saturated rings. The van der Waals surface area contributed by atoms with Crippen molar-refractivity contribution in [3.8, 4) is 16.9 Å². The molecule has 0 aliphatic carbocycles. The minimum atomic E-state index is -0.151. The van der Waals surface area contributed by atoms with E-state index >= 15 is 0 Å². The molecule has 3 aromatic carbocycles.